The second-order valence-electron chi connectivity index (χ2n) is 6.08. The van der Waals surface area contributed by atoms with E-state index in [-0.39, 0.29) is 5.82 Å². The van der Waals surface area contributed by atoms with Crippen molar-refractivity contribution in [1.82, 2.24) is 0 Å². The summed E-state index contributed by atoms with van der Waals surface area (Å²) in [6, 6.07) is 10.5. The number of hydrogen-bond donors (Lipinski definition) is 1. The first-order valence-corrected chi connectivity index (χ1v) is 9.05. The summed E-state index contributed by atoms with van der Waals surface area (Å²) in [6.45, 7) is 3.24. The lowest BCUT2D eigenvalue weighted by molar-refractivity contribution is 0.303. The van der Waals surface area contributed by atoms with Crippen molar-refractivity contribution >= 4 is 5.69 Å². The molecule has 0 unspecified atom stereocenters. The van der Waals surface area contributed by atoms with Gasteiger partial charge in [-0.3, -0.25) is 0 Å². The molecule has 0 aliphatic heterocycles. The minimum absolute atomic E-state index is 0.330. The maximum absolute atomic E-state index is 14.3. The third-order valence-corrected chi connectivity index (χ3v) is 4.17. The molecule has 0 aliphatic carbocycles. The minimum Gasteiger partial charge on any atom is -0.497 e. The van der Waals surface area contributed by atoms with E-state index in [2.05, 4.69) is 12.2 Å². The van der Waals surface area contributed by atoms with Gasteiger partial charge < -0.3 is 19.5 Å². The summed E-state index contributed by atoms with van der Waals surface area (Å²) in [5, 5.41) is 3.10. The van der Waals surface area contributed by atoms with Crippen molar-refractivity contribution < 1.29 is 18.6 Å². The molecule has 2 aromatic carbocycles. The Hall–Kier alpha value is -2.43. The molecule has 0 aliphatic rings. The lowest BCUT2D eigenvalue weighted by atomic mass is 10.2. The van der Waals surface area contributed by atoms with Crippen LogP contribution in [0.5, 0.6) is 17.2 Å². The van der Waals surface area contributed by atoms with Crippen LogP contribution >= 0.6 is 0 Å². The highest BCUT2D eigenvalue weighted by Gasteiger charge is 2.08. The van der Waals surface area contributed by atoms with Gasteiger partial charge in [-0.1, -0.05) is 26.2 Å². The molecular weight excluding hydrogens is 333 g/mol. The molecule has 0 fully saturated rings. The lowest BCUT2D eigenvalue weighted by Gasteiger charge is -2.13. The van der Waals surface area contributed by atoms with Crippen molar-refractivity contribution in [3.63, 3.8) is 0 Å². The van der Waals surface area contributed by atoms with Gasteiger partial charge in [0, 0.05) is 24.2 Å². The first-order chi connectivity index (χ1) is 12.7. The highest BCUT2D eigenvalue weighted by molar-refractivity contribution is 5.50. The average Bonchev–Trinajstić information content (AvgIpc) is 2.67. The van der Waals surface area contributed by atoms with E-state index in [1.807, 2.05) is 18.2 Å². The van der Waals surface area contributed by atoms with Crippen LogP contribution in [-0.2, 0) is 6.54 Å². The summed E-state index contributed by atoms with van der Waals surface area (Å²) >= 11 is 0. The summed E-state index contributed by atoms with van der Waals surface area (Å²) in [7, 11) is 3.21. The molecule has 142 valence electrons. The predicted molar refractivity (Wildman–Crippen MR) is 103 cm³/mol. The molecule has 4 nitrogen and oxygen atoms in total. The van der Waals surface area contributed by atoms with E-state index in [1.54, 1.807) is 26.4 Å². The quantitative estimate of drug-likeness (QED) is 0.543. The molecule has 26 heavy (non-hydrogen) atoms. The Balaban J connectivity index is 1.92. The second-order valence-corrected chi connectivity index (χ2v) is 6.08. The van der Waals surface area contributed by atoms with Crippen molar-refractivity contribution in [3.8, 4) is 17.2 Å². The Bertz CT molecular complexity index is 691. The van der Waals surface area contributed by atoms with Crippen molar-refractivity contribution in [2.24, 2.45) is 0 Å². The molecule has 0 radical (unpaired) electrons. The Morgan fingerprint density at radius 1 is 0.923 bits per heavy atom. The fourth-order valence-corrected chi connectivity index (χ4v) is 2.64. The van der Waals surface area contributed by atoms with Crippen LogP contribution in [0.1, 0.15) is 38.2 Å². The van der Waals surface area contributed by atoms with Gasteiger partial charge in [0.15, 0.2) is 0 Å². The number of hydrogen-bond acceptors (Lipinski definition) is 4. The number of benzene rings is 2. The third-order valence-electron chi connectivity index (χ3n) is 4.17. The van der Waals surface area contributed by atoms with E-state index < -0.39 is 0 Å². The summed E-state index contributed by atoms with van der Waals surface area (Å²) in [5.74, 6) is 1.65. The monoisotopic (exact) mass is 361 g/mol. The molecule has 0 aromatic heterocycles. The number of halogens is 1. The highest BCUT2D eigenvalue weighted by atomic mass is 19.1. The maximum atomic E-state index is 14.3. The van der Waals surface area contributed by atoms with Gasteiger partial charge in [0.1, 0.15) is 23.1 Å². The molecule has 5 heteroatoms. The average molecular weight is 361 g/mol. The van der Waals surface area contributed by atoms with Gasteiger partial charge >= 0.3 is 0 Å². The normalized spacial score (nSPS) is 10.5. The van der Waals surface area contributed by atoms with Crippen LogP contribution in [0.25, 0.3) is 0 Å². The molecule has 0 spiro atoms. The number of ether oxygens (including phenoxy) is 3. The van der Waals surface area contributed by atoms with Crippen LogP contribution in [0.2, 0.25) is 0 Å². The van der Waals surface area contributed by atoms with E-state index in [0.717, 1.165) is 24.2 Å². The Labute approximate surface area is 155 Å². The largest absolute Gasteiger partial charge is 0.497 e. The summed E-state index contributed by atoms with van der Waals surface area (Å²) in [6.07, 6.45) is 4.53. The van der Waals surface area contributed by atoms with E-state index in [0.29, 0.717) is 30.3 Å². The molecule has 0 bridgehead atoms. The molecule has 2 aromatic rings. The zero-order valence-corrected chi connectivity index (χ0v) is 15.8. The highest BCUT2D eigenvalue weighted by Crippen LogP contribution is 2.26. The number of nitrogens with one attached hydrogen (secondary N) is 1. The third kappa shape index (κ3) is 5.83. The second kappa shape index (κ2) is 10.5. The summed E-state index contributed by atoms with van der Waals surface area (Å²) in [5.41, 5.74) is 1.35. The molecule has 0 atom stereocenters. The Morgan fingerprint density at radius 3 is 2.42 bits per heavy atom. The van der Waals surface area contributed by atoms with E-state index in [4.69, 9.17) is 14.2 Å². The molecule has 1 N–H and O–H groups in total. The van der Waals surface area contributed by atoms with Crippen molar-refractivity contribution in [2.75, 3.05) is 26.1 Å². The topological polar surface area (TPSA) is 39.7 Å². The van der Waals surface area contributed by atoms with Crippen LogP contribution in [-0.4, -0.2) is 20.8 Å². The van der Waals surface area contributed by atoms with E-state index in [9.17, 15) is 4.39 Å². The van der Waals surface area contributed by atoms with Crippen LogP contribution in [0.4, 0.5) is 10.1 Å². The smallest absolute Gasteiger partial charge is 0.149 e. The van der Waals surface area contributed by atoms with Crippen LogP contribution < -0.4 is 19.5 Å². The Morgan fingerprint density at radius 2 is 1.73 bits per heavy atom. The standard InChI is InChI=1S/C21H28FNO3/c1-4-5-6-7-12-26-18-10-11-20(19(22)13-18)23-15-16-8-9-17(24-2)14-21(16)25-3/h8-11,13-14,23H,4-7,12,15H2,1-3H3. The molecule has 0 amide bonds. The van der Waals surface area contributed by atoms with Crippen LogP contribution in [0.15, 0.2) is 36.4 Å². The number of rotatable bonds is 11. The van der Waals surface area contributed by atoms with Crippen molar-refractivity contribution in [1.29, 1.82) is 0 Å². The Kier molecular flexibility index (Phi) is 8.06. The zero-order valence-electron chi connectivity index (χ0n) is 15.8. The van der Waals surface area contributed by atoms with Gasteiger partial charge in [-0.2, -0.15) is 0 Å². The lowest BCUT2D eigenvalue weighted by Crippen LogP contribution is -2.04. The van der Waals surface area contributed by atoms with Crippen molar-refractivity contribution in [3.05, 3.63) is 47.8 Å². The number of methoxy groups -OCH3 is 2. The first-order valence-electron chi connectivity index (χ1n) is 9.05. The maximum Gasteiger partial charge on any atom is 0.149 e. The molecule has 0 saturated carbocycles. The summed E-state index contributed by atoms with van der Waals surface area (Å²) in [4.78, 5) is 0. The number of unbranched alkanes of at least 4 members (excludes halogenated alkanes) is 3. The SMILES string of the molecule is CCCCCCOc1ccc(NCc2ccc(OC)cc2OC)c(F)c1. The van der Waals surface area contributed by atoms with Gasteiger partial charge in [0.05, 0.1) is 26.5 Å². The number of anilines is 1. The zero-order chi connectivity index (χ0) is 18.8. The molecule has 0 saturated heterocycles. The molecule has 2 rings (SSSR count). The van der Waals surface area contributed by atoms with Gasteiger partial charge in [-0.25, -0.2) is 4.39 Å². The molecular formula is C21H28FNO3. The minimum atomic E-state index is -0.330. The predicted octanol–water partition coefficient (Wildman–Crippen LogP) is 5.41. The van der Waals surface area contributed by atoms with Gasteiger partial charge in [-0.05, 0) is 30.7 Å². The van der Waals surface area contributed by atoms with Crippen molar-refractivity contribution in [2.45, 2.75) is 39.2 Å². The van der Waals surface area contributed by atoms with E-state index >= 15 is 0 Å². The van der Waals surface area contributed by atoms with Crippen LogP contribution in [0.3, 0.4) is 0 Å². The van der Waals surface area contributed by atoms with Crippen LogP contribution in [0, 0.1) is 5.82 Å². The van der Waals surface area contributed by atoms with Gasteiger partial charge in [0.25, 0.3) is 0 Å². The fraction of sp³-hybridized carbons (Fsp3) is 0.429. The first kappa shape index (κ1) is 19.9. The van der Waals surface area contributed by atoms with E-state index in [1.165, 1.54) is 18.9 Å². The van der Waals surface area contributed by atoms with Gasteiger partial charge in [0.2, 0.25) is 0 Å². The van der Waals surface area contributed by atoms with Gasteiger partial charge in [-0.15, -0.1) is 0 Å². The fourth-order valence-electron chi connectivity index (χ4n) is 2.64. The summed E-state index contributed by atoms with van der Waals surface area (Å²) < 4.78 is 30.5. The molecule has 0 heterocycles.